The highest BCUT2D eigenvalue weighted by molar-refractivity contribution is 14.0. The molecule has 0 atom stereocenters. The zero-order valence-electron chi connectivity index (χ0n) is 16.9. The lowest BCUT2D eigenvalue weighted by atomic mass is 10.1. The summed E-state index contributed by atoms with van der Waals surface area (Å²) in [4.78, 5) is 16.4. The van der Waals surface area contributed by atoms with Crippen LogP contribution in [-0.4, -0.2) is 47.8 Å². The molecule has 8 nitrogen and oxygen atoms in total. The monoisotopic (exact) mass is 522 g/mol. The Morgan fingerprint density at radius 1 is 1.10 bits per heavy atom. The van der Waals surface area contributed by atoms with Gasteiger partial charge in [-0.05, 0) is 49.2 Å². The molecule has 160 valence electrons. The van der Waals surface area contributed by atoms with Gasteiger partial charge in [0.05, 0.1) is 12.0 Å². The third-order valence-corrected chi connectivity index (χ3v) is 4.17. The fraction of sp³-hybridized carbons (Fsp3) is 0.286. The van der Waals surface area contributed by atoms with Crippen molar-refractivity contribution in [2.45, 2.75) is 13.3 Å². The van der Waals surface area contributed by atoms with E-state index in [0.717, 1.165) is 24.6 Å². The highest BCUT2D eigenvalue weighted by atomic mass is 127. The number of furan rings is 1. The summed E-state index contributed by atoms with van der Waals surface area (Å²) in [6, 6.07) is 13.5. The number of benzene rings is 1. The lowest BCUT2D eigenvalue weighted by molar-refractivity contribution is 0.0926. The number of nitrogens with zero attached hydrogens (tertiary/aromatic N) is 3. The lowest BCUT2D eigenvalue weighted by Crippen LogP contribution is -2.41. The number of aliphatic imine (C=N–C) groups is 1. The molecule has 0 aliphatic heterocycles. The van der Waals surface area contributed by atoms with Gasteiger partial charge in [-0.15, -0.1) is 24.0 Å². The minimum absolute atomic E-state index is 0. The van der Waals surface area contributed by atoms with Gasteiger partial charge in [0.1, 0.15) is 0 Å². The molecule has 3 rings (SSSR count). The Morgan fingerprint density at radius 2 is 1.90 bits per heavy atom. The number of hydrogen-bond acceptors (Lipinski definition) is 4. The predicted octanol–water partition coefficient (Wildman–Crippen LogP) is 2.61. The van der Waals surface area contributed by atoms with Gasteiger partial charge >= 0.3 is 0 Å². The van der Waals surface area contributed by atoms with Gasteiger partial charge in [0.15, 0.2) is 11.7 Å². The van der Waals surface area contributed by atoms with Crippen LogP contribution in [0.5, 0.6) is 0 Å². The molecule has 2 aromatic heterocycles. The number of guanidine groups is 1. The van der Waals surface area contributed by atoms with Gasteiger partial charge in [-0.3, -0.25) is 9.79 Å². The number of rotatable bonds is 9. The molecule has 9 heteroatoms. The van der Waals surface area contributed by atoms with Crippen LogP contribution in [0.1, 0.15) is 23.0 Å². The van der Waals surface area contributed by atoms with Gasteiger partial charge in [0.2, 0.25) is 0 Å². The van der Waals surface area contributed by atoms with E-state index in [-0.39, 0.29) is 29.9 Å². The molecule has 0 unspecified atom stereocenters. The first-order chi connectivity index (χ1) is 14.3. The molecular formula is C21H27IN6O2. The first kappa shape index (κ1) is 23.5. The summed E-state index contributed by atoms with van der Waals surface area (Å²) in [6.45, 7) is 4.48. The molecule has 0 spiro atoms. The Kier molecular flexibility index (Phi) is 9.92. The molecule has 30 heavy (non-hydrogen) atoms. The molecular weight excluding hydrogens is 495 g/mol. The van der Waals surface area contributed by atoms with Gasteiger partial charge in [-0.2, -0.15) is 5.10 Å². The molecule has 0 saturated carbocycles. The molecule has 2 heterocycles. The van der Waals surface area contributed by atoms with E-state index in [0.29, 0.717) is 25.4 Å². The number of carbonyl (C=O) groups is 1. The maximum atomic E-state index is 11.8. The Hall–Kier alpha value is -2.82. The van der Waals surface area contributed by atoms with Crippen molar-refractivity contribution in [1.82, 2.24) is 25.7 Å². The van der Waals surface area contributed by atoms with E-state index >= 15 is 0 Å². The van der Waals surface area contributed by atoms with E-state index in [1.165, 1.54) is 11.8 Å². The molecule has 0 bridgehead atoms. The predicted molar refractivity (Wildman–Crippen MR) is 128 cm³/mol. The van der Waals surface area contributed by atoms with E-state index in [1.807, 2.05) is 23.9 Å². The summed E-state index contributed by atoms with van der Waals surface area (Å²) in [5, 5.41) is 13.5. The van der Waals surface area contributed by atoms with Crippen molar-refractivity contribution in [2.24, 2.45) is 4.99 Å². The molecule has 3 aromatic rings. The van der Waals surface area contributed by atoms with Crippen LogP contribution in [0.25, 0.3) is 5.69 Å². The Balaban J connectivity index is 0.00000320. The topological polar surface area (TPSA) is 96.5 Å². The summed E-state index contributed by atoms with van der Waals surface area (Å²) in [6.07, 6.45) is 6.00. The maximum absolute atomic E-state index is 11.8. The minimum Gasteiger partial charge on any atom is -0.459 e. The average Bonchev–Trinajstić information content (AvgIpc) is 3.46. The number of amides is 1. The number of hydrogen-bond donors (Lipinski definition) is 3. The van der Waals surface area contributed by atoms with Gasteiger partial charge in [0, 0.05) is 38.6 Å². The third kappa shape index (κ3) is 7.21. The van der Waals surface area contributed by atoms with E-state index in [4.69, 9.17) is 4.42 Å². The van der Waals surface area contributed by atoms with Gasteiger partial charge in [-0.1, -0.05) is 12.1 Å². The number of aromatic nitrogens is 2. The van der Waals surface area contributed by atoms with Crippen LogP contribution in [0.3, 0.4) is 0 Å². The van der Waals surface area contributed by atoms with E-state index < -0.39 is 0 Å². The number of nitrogens with one attached hydrogen (secondary N) is 3. The Bertz CT molecular complexity index is 892. The smallest absolute Gasteiger partial charge is 0.287 e. The van der Waals surface area contributed by atoms with Crippen LogP contribution >= 0.6 is 24.0 Å². The van der Waals surface area contributed by atoms with Crippen LogP contribution in [-0.2, 0) is 6.42 Å². The highest BCUT2D eigenvalue weighted by Gasteiger charge is 2.06. The standard InChI is InChI=1S/C21H26N6O2.HI/c1-2-22-21(25-14-13-23-20(28)19-5-3-16-29-19)24-12-10-17-6-8-18(9-7-17)27-15-4-11-26-27;/h3-9,11,15-16H,2,10,12-14H2,1H3,(H,23,28)(H2,22,24,25);1H. The second-order valence-electron chi connectivity index (χ2n) is 6.29. The van der Waals surface area contributed by atoms with Crippen molar-refractivity contribution in [3.05, 3.63) is 72.4 Å². The summed E-state index contributed by atoms with van der Waals surface area (Å²) in [5.74, 6) is 0.814. The molecule has 0 aliphatic carbocycles. The van der Waals surface area contributed by atoms with Gasteiger partial charge < -0.3 is 20.4 Å². The van der Waals surface area contributed by atoms with Gasteiger partial charge in [0.25, 0.3) is 5.91 Å². The average molecular weight is 522 g/mol. The van der Waals surface area contributed by atoms with Crippen LogP contribution < -0.4 is 16.0 Å². The lowest BCUT2D eigenvalue weighted by Gasteiger charge is -2.11. The molecule has 0 fully saturated rings. The number of carbonyl (C=O) groups excluding carboxylic acids is 1. The van der Waals surface area contributed by atoms with Crippen LogP contribution in [0.2, 0.25) is 0 Å². The van der Waals surface area contributed by atoms with E-state index in [9.17, 15) is 4.79 Å². The molecule has 0 aliphatic rings. The van der Waals surface area contributed by atoms with E-state index in [2.05, 4.69) is 50.3 Å². The fourth-order valence-electron chi connectivity index (χ4n) is 2.73. The Morgan fingerprint density at radius 3 is 2.57 bits per heavy atom. The summed E-state index contributed by atoms with van der Waals surface area (Å²) in [5.41, 5.74) is 2.25. The number of halogens is 1. The van der Waals surface area contributed by atoms with Crippen LogP contribution in [0, 0.1) is 0 Å². The van der Waals surface area contributed by atoms with Crippen molar-refractivity contribution >= 4 is 35.8 Å². The molecule has 1 amide bonds. The first-order valence-corrected chi connectivity index (χ1v) is 9.69. The van der Waals surface area contributed by atoms with Crippen molar-refractivity contribution < 1.29 is 9.21 Å². The normalized spacial score (nSPS) is 10.9. The first-order valence-electron chi connectivity index (χ1n) is 9.69. The third-order valence-electron chi connectivity index (χ3n) is 4.17. The fourth-order valence-corrected chi connectivity index (χ4v) is 2.73. The highest BCUT2D eigenvalue weighted by Crippen LogP contribution is 2.09. The molecule has 0 radical (unpaired) electrons. The van der Waals surface area contributed by atoms with Crippen molar-refractivity contribution in [2.75, 3.05) is 26.2 Å². The second kappa shape index (κ2) is 12.7. The minimum atomic E-state index is -0.225. The second-order valence-corrected chi connectivity index (χ2v) is 6.29. The quantitative estimate of drug-likeness (QED) is 0.174. The Labute approximate surface area is 193 Å². The summed E-state index contributed by atoms with van der Waals surface area (Å²) < 4.78 is 6.90. The largest absolute Gasteiger partial charge is 0.459 e. The van der Waals surface area contributed by atoms with E-state index in [1.54, 1.807) is 18.3 Å². The molecule has 3 N–H and O–H groups in total. The zero-order valence-corrected chi connectivity index (χ0v) is 19.2. The molecule has 1 aromatic carbocycles. The maximum Gasteiger partial charge on any atom is 0.287 e. The molecule has 0 saturated heterocycles. The summed E-state index contributed by atoms with van der Waals surface area (Å²) >= 11 is 0. The summed E-state index contributed by atoms with van der Waals surface area (Å²) in [7, 11) is 0. The van der Waals surface area contributed by atoms with Crippen molar-refractivity contribution in [3.8, 4) is 5.69 Å². The van der Waals surface area contributed by atoms with Crippen LogP contribution in [0.4, 0.5) is 0 Å². The zero-order chi connectivity index (χ0) is 20.3. The van der Waals surface area contributed by atoms with Crippen molar-refractivity contribution in [1.29, 1.82) is 0 Å². The van der Waals surface area contributed by atoms with Crippen LogP contribution in [0.15, 0.2) is 70.5 Å². The van der Waals surface area contributed by atoms with Crippen molar-refractivity contribution in [3.63, 3.8) is 0 Å². The van der Waals surface area contributed by atoms with Gasteiger partial charge in [-0.25, -0.2) is 4.68 Å². The SMILES string of the molecule is CCNC(=NCCc1ccc(-n2cccn2)cc1)NCCNC(=O)c1ccco1.I.